The van der Waals surface area contributed by atoms with E-state index in [-0.39, 0.29) is 11.6 Å². The number of rotatable bonds is 3. The zero-order chi connectivity index (χ0) is 13.7. The molecule has 1 fully saturated rings. The standard InChI is InChI=1S/C14H17F2N3/c15-14(16)12-4-2-11(3-5-12)13(10-17)19-8-1-6-18-7-9-19/h2-5,13-14,18H,1,6-9H2. The summed E-state index contributed by atoms with van der Waals surface area (Å²) in [7, 11) is 0. The summed E-state index contributed by atoms with van der Waals surface area (Å²) in [5.41, 5.74) is 0.784. The Hall–Kier alpha value is -1.51. The number of benzene rings is 1. The van der Waals surface area contributed by atoms with Crippen LogP contribution in [0.2, 0.25) is 0 Å². The van der Waals surface area contributed by atoms with E-state index in [0.29, 0.717) is 0 Å². The van der Waals surface area contributed by atoms with E-state index in [9.17, 15) is 14.0 Å². The first kappa shape index (κ1) is 13.9. The fourth-order valence-corrected chi connectivity index (χ4v) is 2.32. The number of halogens is 2. The smallest absolute Gasteiger partial charge is 0.263 e. The first-order chi connectivity index (χ1) is 9.22. The summed E-state index contributed by atoms with van der Waals surface area (Å²) in [5.74, 6) is 0. The number of nitrogens with one attached hydrogen (secondary N) is 1. The molecule has 0 amide bonds. The van der Waals surface area contributed by atoms with Crippen LogP contribution in [0.15, 0.2) is 24.3 Å². The Kier molecular flexibility index (Phi) is 4.83. The molecule has 1 aliphatic heterocycles. The van der Waals surface area contributed by atoms with Crippen LogP contribution >= 0.6 is 0 Å². The van der Waals surface area contributed by atoms with E-state index in [2.05, 4.69) is 16.3 Å². The molecule has 1 heterocycles. The highest BCUT2D eigenvalue weighted by Gasteiger charge is 2.21. The third-order valence-electron chi connectivity index (χ3n) is 3.37. The van der Waals surface area contributed by atoms with Gasteiger partial charge in [-0.15, -0.1) is 0 Å². The van der Waals surface area contributed by atoms with Crippen LogP contribution in [0.3, 0.4) is 0 Å². The average Bonchev–Trinajstić information content (AvgIpc) is 2.69. The minimum Gasteiger partial charge on any atom is -0.315 e. The van der Waals surface area contributed by atoms with Gasteiger partial charge in [-0.2, -0.15) is 5.26 Å². The van der Waals surface area contributed by atoms with Crippen molar-refractivity contribution in [3.63, 3.8) is 0 Å². The number of nitrogens with zero attached hydrogens (tertiary/aromatic N) is 2. The molecule has 0 radical (unpaired) electrons. The van der Waals surface area contributed by atoms with Crippen molar-refractivity contribution in [2.24, 2.45) is 0 Å². The van der Waals surface area contributed by atoms with Gasteiger partial charge >= 0.3 is 0 Å². The summed E-state index contributed by atoms with van der Waals surface area (Å²) < 4.78 is 25.0. The number of hydrogen-bond donors (Lipinski definition) is 1. The van der Waals surface area contributed by atoms with Crippen molar-refractivity contribution in [3.8, 4) is 6.07 Å². The van der Waals surface area contributed by atoms with Gasteiger partial charge in [0.2, 0.25) is 0 Å². The molecule has 0 aromatic heterocycles. The first-order valence-electron chi connectivity index (χ1n) is 6.45. The van der Waals surface area contributed by atoms with Crippen LogP contribution < -0.4 is 5.32 Å². The summed E-state index contributed by atoms with van der Waals surface area (Å²) in [6, 6.07) is 7.99. The van der Waals surface area contributed by atoms with Crippen molar-refractivity contribution in [1.82, 2.24) is 10.2 Å². The lowest BCUT2D eigenvalue weighted by Crippen LogP contribution is -2.31. The molecule has 19 heavy (non-hydrogen) atoms. The fourth-order valence-electron chi connectivity index (χ4n) is 2.32. The van der Waals surface area contributed by atoms with E-state index in [1.54, 1.807) is 12.1 Å². The van der Waals surface area contributed by atoms with Gasteiger partial charge in [0.05, 0.1) is 6.07 Å². The van der Waals surface area contributed by atoms with E-state index in [0.717, 1.165) is 38.2 Å². The van der Waals surface area contributed by atoms with Crippen LogP contribution in [0, 0.1) is 11.3 Å². The minimum atomic E-state index is -2.46. The second-order valence-electron chi connectivity index (χ2n) is 4.64. The Labute approximate surface area is 111 Å². The number of hydrogen-bond acceptors (Lipinski definition) is 3. The SMILES string of the molecule is N#CC(c1ccc(C(F)F)cc1)N1CCCNCC1. The number of nitriles is 1. The molecule has 0 bridgehead atoms. The topological polar surface area (TPSA) is 39.1 Å². The van der Waals surface area contributed by atoms with Gasteiger partial charge in [0.1, 0.15) is 6.04 Å². The Morgan fingerprint density at radius 2 is 1.79 bits per heavy atom. The molecule has 1 aromatic carbocycles. The Balaban J connectivity index is 2.14. The van der Waals surface area contributed by atoms with E-state index < -0.39 is 6.43 Å². The minimum absolute atomic E-state index is 0.00188. The molecule has 1 saturated heterocycles. The lowest BCUT2D eigenvalue weighted by molar-refractivity contribution is 0.151. The quantitative estimate of drug-likeness (QED) is 0.912. The Morgan fingerprint density at radius 3 is 2.42 bits per heavy atom. The molecule has 1 unspecified atom stereocenters. The first-order valence-corrected chi connectivity index (χ1v) is 6.45. The van der Waals surface area contributed by atoms with E-state index in [1.165, 1.54) is 12.1 Å². The largest absolute Gasteiger partial charge is 0.315 e. The molecule has 5 heteroatoms. The Morgan fingerprint density at radius 1 is 1.11 bits per heavy atom. The highest BCUT2D eigenvalue weighted by Crippen LogP contribution is 2.24. The second kappa shape index (κ2) is 6.60. The van der Waals surface area contributed by atoms with Gasteiger partial charge in [0.25, 0.3) is 6.43 Å². The van der Waals surface area contributed by atoms with Gasteiger partial charge in [0.15, 0.2) is 0 Å². The summed E-state index contributed by atoms with van der Waals surface area (Å²) in [4.78, 5) is 2.09. The average molecular weight is 265 g/mol. The second-order valence-corrected chi connectivity index (χ2v) is 4.64. The molecule has 2 rings (SSSR count). The summed E-state index contributed by atoms with van der Waals surface area (Å²) in [6.07, 6.45) is -1.47. The molecule has 0 aliphatic carbocycles. The zero-order valence-electron chi connectivity index (χ0n) is 10.6. The van der Waals surface area contributed by atoms with Gasteiger partial charge in [-0.25, -0.2) is 8.78 Å². The van der Waals surface area contributed by atoms with Crippen molar-refractivity contribution >= 4 is 0 Å². The van der Waals surface area contributed by atoms with Gasteiger partial charge in [-0.1, -0.05) is 24.3 Å². The predicted molar refractivity (Wildman–Crippen MR) is 68.8 cm³/mol. The molecule has 1 atom stereocenters. The van der Waals surface area contributed by atoms with E-state index in [4.69, 9.17) is 0 Å². The summed E-state index contributed by atoms with van der Waals surface area (Å²) in [5, 5.41) is 12.6. The molecule has 1 aliphatic rings. The van der Waals surface area contributed by atoms with Crippen LogP contribution in [-0.4, -0.2) is 31.1 Å². The third kappa shape index (κ3) is 3.49. The Bertz CT molecular complexity index is 431. The summed E-state index contributed by atoms with van der Waals surface area (Å²) in [6.45, 7) is 3.46. The summed E-state index contributed by atoms with van der Waals surface area (Å²) >= 11 is 0. The van der Waals surface area contributed by atoms with E-state index >= 15 is 0 Å². The van der Waals surface area contributed by atoms with Crippen molar-refractivity contribution in [1.29, 1.82) is 5.26 Å². The van der Waals surface area contributed by atoms with E-state index in [1.807, 2.05) is 0 Å². The monoisotopic (exact) mass is 265 g/mol. The van der Waals surface area contributed by atoms with Gasteiger partial charge in [-0.05, 0) is 18.5 Å². The molecule has 1 N–H and O–H groups in total. The molecular formula is C14H17F2N3. The van der Waals surface area contributed by atoms with Gasteiger partial charge < -0.3 is 5.32 Å². The van der Waals surface area contributed by atoms with Crippen LogP contribution in [0.1, 0.15) is 30.0 Å². The molecule has 0 spiro atoms. The van der Waals surface area contributed by atoms with Crippen molar-refractivity contribution in [3.05, 3.63) is 35.4 Å². The maximum atomic E-state index is 12.5. The van der Waals surface area contributed by atoms with Crippen molar-refractivity contribution < 1.29 is 8.78 Å². The molecular weight excluding hydrogens is 248 g/mol. The zero-order valence-corrected chi connectivity index (χ0v) is 10.6. The maximum absolute atomic E-state index is 12.5. The molecule has 102 valence electrons. The molecule has 0 saturated carbocycles. The van der Waals surface area contributed by atoms with Crippen molar-refractivity contribution in [2.45, 2.75) is 18.9 Å². The predicted octanol–water partition coefficient (Wildman–Crippen LogP) is 2.48. The molecule has 1 aromatic rings. The highest BCUT2D eigenvalue weighted by atomic mass is 19.3. The van der Waals surface area contributed by atoms with Crippen molar-refractivity contribution in [2.75, 3.05) is 26.2 Å². The van der Waals surface area contributed by atoms with Gasteiger partial charge in [0, 0.05) is 25.2 Å². The normalized spacial score (nSPS) is 18.8. The lowest BCUT2D eigenvalue weighted by Gasteiger charge is -2.25. The number of alkyl halides is 2. The van der Waals surface area contributed by atoms with Crippen LogP contribution in [0.4, 0.5) is 8.78 Å². The lowest BCUT2D eigenvalue weighted by atomic mass is 10.0. The van der Waals surface area contributed by atoms with Crippen LogP contribution in [0.25, 0.3) is 0 Å². The third-order valence-corrected chi connectivity index (χ3v) is 3.37. The molecule has 3 nitrogen and oxygen atoms in total. The fraction of sp³-hybridized carbons (Fsp3) is 0.500. The highest BCUT2D eigenvalue weighted by molar-refractivity contribution is 5.29. The maximum Gasteiger partial charge on any atom is 0.263 e. The van der Waals surface area contributed by atoms with Gasteiger partial charge in [-0.3, -0.25) is 4.90 Å². The van der Waals surface area contributed by atoms with Crippen LogP contribution in [0.5, 0.6) is 0 Å². The van der Waals surface area contributed by atoms with Crippen LogP contribution in [-0.2, 0) is 0 Å².